The highest BCUT2D eigenvalue weighted by atomic mass is 16.2. The van der Waals surface area contributed by atoms with E-state index in [0.29, 0.717) is 5.41 Å². The quantitative estimate of drug-likeness (QED) is 0.816. The molecule has 1 aromatic carbocycles. The Kier molecular flexibility index (Phi) is 2.63. The van der Waals surface area contributed by atoms with Gasteiger partial charge in [-0.05, 0) is 49.9 Å². The summed E-state index contributed by atoms with van der Waals surface area (Å²) in [6.45, 7) is 2.13. The number of piperidine rings is 1. The van der Waals surface area contributed by atoms with Crippen molar-refractivity contribution in [1.29, 1.82) is 0 Å². The third kappa shape index (κ3) is 2.07. The summed E-state index contributed by atoms with van der Waals surface area (Å²) in [7, 11) is 0. The summed E-state index contributed by atoms with van der Waals surface area (Å²) < 4.78 is 0. The number of carbonyl (C=O) groups excluding carboxylic acids is 1. The second kappa shape index (κ2) is 4.15. The number of anilines is 1. The van der Waals surface area contributed by atoms with Crippen molar-refractivity contribution in [2.75, 3.05) is 18.4 Å². The molecule has 90 valence electrons. The molecule has 3 rings (SSSR count). The zero-order valence-corrected chi connectivity index (χ0v) is 9.91. The fourth-order valence-electron chi connectivity index (χ4n) is 2.95. The van der Waals surface area contributed by atoms with Crippen LogP contribution in [0.25, 0.3) is 0 Å². The molecule has 1 saturated carbocycles. The third-order valence-electron chi connectivity index (χ3n) is 4.15. The molecule has 3 nitrogen and oxygen atoms in total. The minimum absolute atomic E-state index is 0.207. The van der Waals surface area contributed by atoms with Crippen LogP contribution in [0.4, 0.5) is 5.69 Å². The minimum atomic E-state index is 0.207. The summed E-state index contributed by atoms with van der Waals surface area (Å²) in [5, 5.41) is 6.37. The van der Waals surface area contributed by atoms with E-state index in [4.69, 9.17) is 0 Å². The van der Waals surface area contributed by atoms with Crippen molar-refractivity contribution in [2.45, 2.75) is 19.3 Å². The third-order valence-corrected chi connectivity index (χ3v) is 4.15. The van der Waals surface area contributed by atoms with E-state index >= 15 is 0 Å². The number of para-hydroxylation sites is 1. The van der Waals surface area contributed by atoms with Gasteiger partial charge in [0.2, 0.25) is 5.91 Å². The standard InChI is InChI=1S/C14H18N2O/c17-13(16-11-4-2-1-3-5-11)12-10-14(12)6-8-15-9-7-14/h1-5,12,15H,6-10H2,(H,16,17)/t12-/m0/s1. The Morgan fingerprint density at radius 1 is 1.24 bits per heavy atom. The number of nitrogens with one attached hydrogen (secondary N) is 2. The monoisotopic (exact) mass is 230 g/mol. The van der Waals surface area contributed by atoms with Gasteiger partial charge in [0.1, 0.15) is 0 Å². The van der Waals surface area contributed by atoms with Crippen molar-refractivity contribution in [1.82, 2.24) is 5.32 Å². The molecular weight excluding hydrogens is 212 g/mol. The van der Waals surface area contributed by atoms with Crippen LogP contribution in [-0.4, -0.2) is 19.0 Å². The first kappa shape index (κ1) is 10.8. The summed E-state index contributed by atoms with van der Waals surface area (Å²) in [6, 6.07) is 9.73. The van der Waals surface area contributed by atoms with Gasteiger partial charge in [-0.1, -0.05) is 18.2 Å². The lowest BCUT2D eigenvalue weighted by atomic mass is 9.92. The predicted molar refractivity (Wildman–Crippen MR) is 67.7 cm³/mol. The maximum atomic E-state index is 12.1. The topological polar surface area (TPSA) is 41.1 Å². The second-order valence-corrected chi connectivity index (χ2v) is 5.22. The van der Waals surface area contributed by atoms with Gasteiger partial charge in [-0.3, -0.25) is 4.79 Å². The molecule has 1 aliphatic carbocycles. The Morgan fingerprint density at radius 2 is 1.94 bits per heavy atom. The zero-order chi connectivity index (χ0) is 11.7. The maximum Gasteiger partial charge on any atom is 0.228 e. The van der Waals surface area contributed by atoms with Gasteiger partial charge in [0.15, 0.2) is 0 Å². The second-order valence-electron chi connectivity index (χ2n) is 5.22. The molecule has 1 spiro atoms. The number of carbonyl (C=O) groups is 1. The van der Waals surface area contributed by atoms with Crippen LogP contribution in [0.2, 0.25) is 0 Å². The highest BCUT2D eigenvalue weighted by Gasteiger charge is 2.57. The van der Waals surface area contributed by atoms with Gasteiger partial charge in [-0.15, -0.1) is 0 Å². The molecule has 2 N–H and O–H groups in total. The first-order valence-corrected chi connectivity index (χ1v) is 6.37. The predicted octanol–water partition coefficient (Wildman–Crippen LogP) is 2.01. The van der Waals surface area contributed by atoms with Crippen molar-refractivity contribution in [3.8, 4) is 0 Å². The average molecular weight is 230 g/mol. The van der Waals surface area contributed by atoms with Gasteiger partial charge in [0.25, 0.3) is 0 Å². The van der Waals surface area contributed by atoms with E-state index in [1.165, 1.54) is 0 Å². The number of hydrogen-bond acceptors (Lipinski definition) is 2. The van der Waals surface area contributed by atoms with Crippen LogP contribution in [0.5, 0.6) is 0 Å². The van der Waals surface area contributed by atoms with Crippen LogP contribution in [-0.2, 0) is 4.79 Å². The molecule has 3 heteroatoms. The first-order valence-electron chi connectivity index (χ1n) is 6.37. The van der Waals surface area contributed by atoms with Gasteiger partial charge < -0.3 is 10.6 Å². The van der Waals surface area contributed by atoms with Gasteiger partial charge >= 0.3 is 0 Å². The zero-order valence-electron chi connectivity index (χ0n) is 9.91. The summed E-state index contributed by atoms with van der Waals surface area (Å²) in [4.78, 5) is 12.1. The first-order chi connectivity index (χ1) is 8.30. The summed E-state index contributed by atoms with van der Waals surface area (Å²) in [5.74, 6) is 0.447. The van der Waals surface area contributed by atoms with E-state index in [-0.39, 0.29) is 11.8 Å². The normalized spacial score (nSPS) is 25.5. The smallest absolute Gasteiger partial charge is 0.228 e. The molecule has 0 unspecified atom stereocenters. The van der Waals surface area contributed by atoms with Crippen molar-refractivity contribution < 1.29 is 4.79 Å². The summed E-state index contributed by atoms with van der Waals surface area (Å²) in [6.07, 6.45) is 3.38. The van der Waals surface area contributed by atoms with E-state index < -0.39 is 0 Å². The van der Waals surface area contributed by atoms with Crippen LogP contribution in [0.15, 0.2) is 30.3 Å². The lowest BCUT2D eigenvalue weighted by Crippen LogP contribution is -2.31. The SMILES string of the molecule is O=C(Nc1ccccc1)[C@@H]1CC12CCNCC2. The number of amides is 1. The lowest BCUT2D eigenvalue weighted by molar-refractivity contribution is -0.118. The average Bonchev–Trinajstić information content (AvgIpc) is 3.05. The Labute approximate surface area is 102 Å². The van der Waals surface area contributed by atoms with Gasteiger partial charge in [0, 0.05) is 11.6 Å². The van der Waals surface area contributed by atoms with Crippen molar-refractivity contribution in [3.05, 3.63) is 30.3 Å². The Hall–Kier alpha value is -1.35. The highest BCUT2D eigenvalue weighted by molar-refractivity contribution is 5.95. The summed E-state index contributed by atoms with van der Waals surface area (Å²) >= 11 is 0. The summed E-state index contributed by atoms with van der Waals surface area (Å²) in [5.41, 5.74) is 1.23. The van der Waals surface area contributed by atoms with Crippen LogP contribution < -0.4 is 10.6 Å². The van der Waals surface area contributed by atoms with Crippen molar-refractivity contribution in [2.24, 2.45) is 11.3 Å². The number of benzene rings is 1. The van der Waals surface area contributed by atoms with Gasteiger partial charge in [0.05, 0.1) is 0 Å². The van der Waals surface area contributed by atoms with E-state index in [1.807, 2.05) is 30.3 Å². The molecule has 1 aliphatic heterocycles. The van der Waals surface area contributed by atoms with E-state index in [9.17, 15) is 4.79 Å². The molecule has 1 heterocycles. The van der Waals surface area contributed by atoms with E-state index in [1.54, 1.807) is 0 Å². The van der Waals surface area contributed by atoms with Crippen LogP contribution in [0.3, 0.4) is 0 Å². The molecule has 1 saturated heterocycles. The Balaban J connectivity index is 1.61. The highest BCUT2D eigenvalue weighted by Crippen LogP contribution is 2.58. The molecule has 2 fully saturated rings. The maximum absolute atomic E-state index is 12.1. The molecule has 1 aromatic rings. The lowest BCUT2D eigenvalue weighted by Gasteiger charge is -2.23. The number of hydrogen-bond donors (Lipinski definition) is 2. The van der Waals surface area contributed by atoms with E-state index in [0.717, 1.165) is 38.0 Å². The molecule has 17 heavy (non-hydrogen) atoms. The molecule has 1 atom stereocenters. The molecule has 1 amide bonds. The van der Waals surface area contributed by atoms with Crippen molar-refractivity contribution in [3.63, 3.8) is 0 Å². The molecule has 0 aromatic heterocycles. The van der Waals surface area contributed by atoms with Gasteiger partial charge in [-0.25, -0.2) is 0 Å². The van der Waals surface area contributed by atoms with Crippen LogP contribution in [0.1, 0.15) is 19.3 Å². The molecule has 0 bridgehead atoms. The Morgan fingerprint density at radius 3 is 2.65 bits per heavy atom. The van der Waals surface area contributed by atoms with Crippen LogP contribution in [0, 0.1) is 11.3 Å². The minimum Gasteiger partial charge on any atom is -0.326 e. The molecule has 2 aliphatic rings. The van der Waals surface area contributed by atoms with E-state index in [2.05, 4.69) is 10.6 Å². The van der Waals surface area contributed by atoms with Crippen LogP contribution >= 0.6 is 0 Å². The largest absolute Gasteiger partial charge is 0.326 e. The fraction of sp³-hybridized carbons (Fsp3) is 0.500. The number of rotatable bonds is 2. The molecular formula is C14H18N2O. The van der Waals surface area contributed by atoms with Gasteiger partial charge in [-0.2, -0.15) is 0 Å². The molecule has 0 radical (unpaired) electrons. The fourth-order valence-corrected chi connectivity index (χ4v) is 2.95. The Bertz CT molecular complexity index is 409. The van der Waals surface area contributed by atoms with Crippen molar-refractivity contribution >= 4 is 11.6 Å².